The molecule has 112 valence electrons. The maximum atomic E-state index is 12.1. The molecule has 0 spiro atoms. The van der Waals surface area contributed by atoms with Gasteiger partial charge in [-0.3, -0.25) is 4.79 Å². The Morgan fingerprint density at radius 2 is 1.90 bits per heavy atom. The number of carbonyl (C=O) groups excluding carboxylic acids is 1. The van der Waals surface area contributed by atoms with Gasteiger partial charge in [0.25, 0.3) is 5.91 Å². The number of benzene rings is 1. The predicted molar refractivity (Wildman–Crippen MR) is 80.9 cm³/mol. The summed E-state index contributed by atoms with van der Waals surface area (Å²) in [7, 11) is 0. The fourth-order valence-electron chi connectivity index (χ4n) is 5.15. The molecule has 1 N–H and O–H groups in total. The Bertz CT molecular complexity index is 515. The number of carbonyl (C=O) groups is 1. The summed E-state index contributed by atoms with van der Waals surface area (Å²) in [5.74, 6) is 4.28. The molecule has 3 saturated carbocycles. The standard InChI is InChI=1S/C18H23NO2/c20-18(11-21-13-5-2-1-3-6-13)19-17-10-12-9-16(17)15-8-4-7-14(12)15/h1-3,5-6,12,14-17H,4,7-11H2,(H,19,20). The second kappa shape index (κ2) is 5.36. The summed E-state index contributed by atoms with van der Waals surface area (Å²) in [6.45, 7) is 0.131. The Labute approximate surface area is 126 Å². The zero-order chi connectivity index (χ0) is 14.2. The van der Waals surface area contributed by atoms with Gasteiger partial charge in [-0.25, -0.2) is 0 Å². The van der Waals surface area contributed by atoms with Gasteiger partial charge in [-0.1, -0.05) is 24.6 Å². The first-order valence-corrected chi connectivity index (χ1v) is 8.28. The highest BCUT2D eigenvalue weighted by Gasteiger charge is 2.53. The maximum Gasteiger partial charge on any atom is 0.258 e. The van der Waals surface area contributed by atoms with Crippen molar-refractivity contribution in [1.82, 2.24) is 5.32 Å². The molecule has 3 nitrogen and oxygen atoms in total. The average Bonchev–Trinajstić information content (AvgIpc) is 3.18. The molecule has 0 aromatic heterocycles. The van der Waals surface area contributed by atoms with Gasteiger partial charge in [0, 0.05) is 6.04 Å². The third kappa shape index (κ3) is 2.43. The molecule has 4 rings (SSSR count). The minimum Gasteiger partial charge on any atom is -0.484 e. The second-order valence-electron chi connectivity index (χ2n) is 6.93. The van der Waals surface area contributed by atoms with Crippen molar-refractivity contribution >= 4 is 5.91 Å². The topological polar surface area (TPSA) is 38.3 Å². The van der Waals surface area contributed by atoms with E-state index in [1.165, 1.54) is 32.1 Å². The number of rotatable bonds is 4. The normalized spacial score (nSPS) is 36.5. The van der Waals surface area contributed by atoms with Crippen LogP contribution in [-0.2, 0) is 4.79 Å². The smallest absolute Gasteiger partial charge is 0.258 e. The molecular formula is C18H23NO2. The number of nitrogens with one attached hydrogen (secondary N) is 1. The molecule has 3 fully saturated rings. The third-order valence-corrected chi connectivity index (χ3v) is 5.89. The number of para-hydroxylation sites is 1. The molecule has 0 heterocycles. The summed E-state index contributed by atoms with van der Waals surface area (Å²) < 4.78 is 5.53. The monoisotopic (exact) mass is 285 g/mol. The van der Waals surface area contributed by atoms with E-state index in [0.29, 0.717) is 6.04 Å². The molecule has 1 aromatic rings. The van der Waals surface area contributed by atoms with Gasteiger partial charge in [0.15, 0.2) is 6.61 Å². The lowest BCUT2D eigenvalue weighted by Crippen LogP contribution is -2.44. The van der Waals surface area contributed by atoms with Crippen LogP contribution in [0.1, 0.15) is 32.1 Å². The SMILES string of the molecule is O=C(COc1ccccc1)NC1CC2CC1C1CCCC21. The molecule has 1 aromatic carbocycles. The summed E-state index contributed by atoms with van der Waals surface area (Å²) in [5.41, 5.74) is 0. The highest BCUT2D eigenvalue weighted by molar-refractivity contribution is 5.78. The first-order chi connectivity index (χ1) is 10.3. The van der Waals surface area contributed by atoms with Crippen molar-refractivity contribution in [1.29, 1.82) is 0 Å². The first kappa shape index (κ1) is 13.2. The molecule has 0 saturated heterocycles. The van der Waals surface area contributed by atoms with E-state index in [1.54, 1.807) is 0 Å². The molecule has 5 unspecified atom stereocenters. The maximum absolute atomic E-state index is 12.1. The van der Waals surface area contributed by atoms with Crippen LogP contribution in [0.15, 0.2) is 30.3 Å². The van der Waals surface area contributed by atoms with Crippen LogP contribution in [0.25, 0.3) is 0 Å². The minimum absolute atomic E-state index is 0.0333. The molecule has 2 bridgehead atoms. The van der Waals surface area contributed by atoms with Crippen LogP contribution in [-0.4, -0.2) is 18.6 Å². The van der Waals surface area contributed by atoms with Crippen molar-refractivity contribution in [3.63, 3.8) is 0 Å². The Balaban J connectivity index is 1.30. The van der Waals surface area contributed by atoms with Gasteiger partial charge in [0.05, 0.1) is 0 Å². The van der Waals surface area contributed by atoms with Crippen molar-refractivity contribution < 1.29 is 9.53 Å². The fraction of sp³-hybridized carbons (Fsp3) is 0.611. The molecule has 3 aliphatic carbocycles. The second-order valence-corrected chi connectivity index (χ2v) is 6.93. The van der Waals surface area contributed by atoms with Crippen molar-refractivity contribution in [3.8, 4) is 5.75 Å². The van der Waals surface area contributed by atoms with Gasteiger partial charge in [0.2, 0.25) is 0 Å². The molecule has 21 heavy (non-hydrogen) atoms. The van der Waals surface area contributed by atoms with E-state index in [2.05, 4.69) is 5.32 Å². The molecule has 1 amide bonds. The van der Waals surface area contributed by atoms with Gasteiger partial charge in [0.1, 0.15) is 5.75 Å². The molecule has 0 aliphatic heterocycles. The van der Waals surface area contributed by atoms with Gasteiger partial charge in [-0.15, -0.1) is 0 Å². The minimum atomic E-state index is 0.0333. The Hall–Kier alpha value is -1.51. The predicted octanol–water partition coefficient (Wildman–Crippen LogP) is 3.01. The van der Waals surface area contributed by atoms with Crippen molar-refractivity contribution in [3.05, 3.63) is 30.3 Å². The van der Waals surface area contributed by atoms with E-state index in [1.807, 2.05) is 30.3 Å². The van der Waals surface area contributed by atoms with Crippen LogP contribution in [0.5, 0.6) is 5.75 Å². The van der Waals surface area contributed by atoms with Crippen molar-refractivity contribution in [2.24, 2.45) is 23.7 Å². The number of fused-ring (bicyclic) bond motifs is 5. The lowest BCUT2D eigenvalue weighted by Gasteiger charge is -2.32. The Morgan fingerprint density at radius 1 is 1.10 bits per heavy atom. The molecule has 5 atom stereocenters. The van der Waals surface area contributed by atoms with Crippen LogP contribution in [0, 0.1) is 23.7 Å². The van der Waals surface area contributed by atoms with Crippen molar-refractivity contribution in [2.75, 3.05) is 6.61 Å². The van der Waals surface area contributed by atoms with E-state index in [0.717, 1.165) is 29.4 Å². The summed E-state index contributed by atoms with van der Waals surface area (Å²) in [6, 6.07) is 9.95. The van der Waals surface area contributed by atoms with E-state index in [4.69, 9.17) is 4.74 Å². The van der Waals surface area contributed by atoms with Gasteiger partial charge in [-0.2, -0.15) is 0 Å². The molecule has 0 radical (unpaired) electrons. The molecular weight excluding hydrogens is 262 g/mol. The lowest BCUT2D eigenvalue weighted by molar-refractivity contribution is -0.124. The Morgan fingerprint density at radius 3 is 2.76 bits per heavy atom. The van der Waals surface area contributed by atoms with Gasteiger partial charge in [-0.05, 0) is 61.5 Å². The van der Waals surface area contributed by atoms with E-state index >= 15 is 0 Å². The Kier molecular flexibility index (Phi) is 3.36. The van der Waals surface area contributed by atoms with E-state index in [9.17, 15) is 4.79 Å². The zero-order valence-electron chi connectivity index (χ0n) is 12.3. The summed E-state index contributed by atoms with van der Waals surface area (Å²) in [5, 5.41) is 3.23. The third-order valence-electron chi connectivity index (χ3n) is 5.89. The van der Waals surface area contributed by atoms with Crippen LogP contribution in [0.4, 0.5) is 0 Å². The average molecular weight is 285 g/mol. The number of ether oxygens (including phenoxy) is 1. The molecule has 3 aliphatic rings. The number of amides is 1. The summed E-state index contributed by atoms with van der Waals surface area (Å²) in [4.78, 5) is 12.1. The first-order valence-electron chi connectivity index (χ1n) is 8.28. The van der Waals surface area contributed by atoms with Crippen molar-refractivity contribution in [2.45, 2.75) is 38.1 Å². The summed E-state index contributed by atoms with van der Waals surface area (Å²) in [6.07, 6.45) is 6.77. The lowest BCUT2D eigenvalue weighted by atomic mass is 9.79. The van der Waals surface area contributed by atoms with E-state index < -0.39 is 0 Å². The van der Waals surface area contributed by atoms with Crippen LogP contribution < -0.4 is 10.1 Å². The summed E-state index contributed by atoms with van der Waals surface area (Å²) >= 11 is 0. The highest BCUT2D eigenvalue weighted by Crippen LogP contribution is 2.58. The largest absolute Gasteiger partial charge is 0.484 e. The van der Waals surface area contributed by atoms with Crippen LogP contribution >= 0.6 is 0 Å². The number of hydrogen-bond donors (Lipinski definition) is 1. The highest BCUT2D eigenvalue weighted by atomic mass is 16.5. The number of hydrogen-bond acceptors (Lipinski definition) is 2. The quantitative estimate of drug-likeness (QED) is 0.923. The van der Waals surface area contributed by atoms with Crippen LogP contribution in [0.3, 0.4) is 0 Å². The fourth-order valence-corrected chi connectivity index (χ4v) is 5.15. The zero-order valence-corrected chi connectivity index (χ0v) is 12.3. The van der Waals surface area contributed by atoms with Gasteiger partial charge >= 0.3 is 0 Å². The molecule has 3 heteroatoms. The van der Waals surface area contributed by atoms with Gasteiger partial charge < -0.3 is 10.1 Å². The van der Waals surface area contributed by atoms with E-state index in [-0.39, 0.29) is 12.5 Å². The van der Waals surface area contributed by atoms with Crippen LogP contribution in [0.2, 0.25) is 0 Å².